The molecule has 0 radical (unpaired) electrons. The fourth-order valence-corrected chi connectivity index (χ4v) is 3.97. The van der Waals surface area contributed by atoms with E-state index >= 15 is 0 Å². The van der Waals surface area contributed by atoms with Crippen LogP contribution in [-0.4, -0.2) is 77.9 Å². The smallest absolute Gasteiger partial charge is 0.305 e. The lowest BCUT2D eigenvalue weighted by atomic mass is 10.2. The SMILES string of the molecule is NCCOCCOC(=O)CCCCOc1cc(I)c(OCCCCC(=O)OCCOCCN)cc1I. The molecule has 1 rings (SSSR count). The highest BCUT2D eigenvalue weighted by Crippen LogP contribution is 2.31. The molecular weight excluding hydrogens is 698 g/mol. The Morgan fingerprint density at radius 2 is 1.03 bits per heavy atom. The molecule has 0 aliphatic rings. The summed E-state index contributed by atoms with van der Waals surface area (Å²) in [7, 11) is 0. The number of hydrogen-bond acceptors (Lipinski definition) is 10. The normalized spacial score (nSPS) is 10.8. The molecule has 0 spiro atoms. The van der Waals surface area contributed by atoms with Gasteiger partial charge in [-0.25, -0.2) is 0 Å². The van der Waals surface area contributed by atoms with E-state index in [-0.39, 0.29) is 25.2 Å². The number of rotatable bonds is 22. The van der Waals surface area contributed by atoms with Crippen molar-refractivity contribution in [3.63, 3.8) is 0 Å². The Hall–Kier alpha value is -0.940. The van der Waals surface area contributed by atoms with E-state index in [4.69, 9.17) is 39.9 Å². The molecule has 1 aromatic carbocycles. The largest absolute Gasteiger partial charge is 0.492 e. The van der Waals surface area contributed by atoms with Crippen LogP contribution in [-0.2, 0) is 28.5 Å². The van der Waals surface area contributed by atoms with Gasteiger partial charge in [-0.05, 0) is 83.0 Å². The molecule has 0 fully saturated rings. The van der Waals surface area contributed by atoms with Gasteiger partial charge in [0, 0.05) is 25.9 Å². The number of unbranched alkanes of at least 4 members (excludes halogenated alkanes) is 2. The van der Waals surface area contributed by atoms with Gasteiger partial charge in [-0.3, -0.25) is 9.59 Å². The van der Waals surface area contributed by atoms with Crippen molar-refractivity contribution in [2.75, 3.05) is 65.9 Å². The van der Waals surface area contributed by atoms with Crippen molar-refractivity contribution in [1.82, 2.24) is 0 Å². The van der Waals surface area contributed by atoms with Crippen LogP contribution in [0, 0.1) is 7.14 Å². The van der Waals surface area contributed by atoms with Gasteiger partial charge >= 0.3 is 11.9 Å². The molecule has 0 saturated carbocycles. The fourth-order valence-electron chi connectivity index (χ4n) is 2.78. The minimum atomic E-state index is -0.234. The zero-order valence-corrected chi connectivity index (χ0v) is 25.0. The van der Waals surface area contributed by atoms with Gasteiger partial charge in [-0.2, -0.15) is 0 Å². The Bertz CT molecular complexity index is 693. The first-order valence-corrected chi connectivity index (χ1v) is 14.2. The zero-order chi connectivity index (χ0) is 26.4. The summed E-state index contributed by atoms with van der Waals surface area (Å²) in [6, 6.07) is 3.88. The van der Waals surface area contributed by atoms with Gasteiger partial charge in [0.15, 0.2) is 0 Å². The lowest BCUT2D eigenvalue weighted by Gasteiger charge is -2.13. The van der Waals surface area contributed by atoms with Crippen molar-refractivity contribution in [3.05, 3.63) is 19.3 Å². The third-order valence-electron chi connectivity index (χ3n) is 4.56. The van der Waals surface area contributed by atoms with Crippen molar-refractivity contribution < 1.29 is 38.0 Å². The molecule has 0 aliphatic carbocycles. The topological polar surface area (TPSA) is 142 Å². The lowest BCUT2D eigenvalue weighted by Crippen LogP contribution is -2.14. The number of carbonyl (C=O) groups is 2. The maximum atomic E-state index is 11.7. The number of ether oxygens (including phenoxy) is 6. The van der Waals surface area contributed by atoms with Crippen molar-refractivity contribution >= 4 is 57.1 Å². The number of esters is 2. The second kappa shape index (κ2) is 22.1. The van der Waals surface area contributed by atoms with Gasteiger partial charge in [-0.15, -0.1) is 0 Å². The number of nitrogens with two attached hydrogens (primary N) is 2. The summed E-state index contributed by atoms with van der Waals surface area (Å²) in [5.41, 5.74) is 10.6. The minimum absolute atomic E-state index is 0.234. The Kier molecular flexibility index (Phi) is 20.3. The number of hydrogen-bond donors (Lipinski definition) is 2. The number of halogens is 2. The lowest BCUT2D eigenvalue weighted by molar-refractivity contribution is -0.146. The van der Waals surface area contributed by atoms with E-state index in [1.807, 2.05) is 12.1 Å². The molecule has 0 aromatic heterocycles. The van der Waals surface area contributed by atoms with Crippen LogP contribution in [0.15, 0.2) is 12.1 Å². The molecule has 0 atom stereocenters. The molecule has 0 aliphatic heterocycles. The first-order valence-electron chi connectivity index (χ1n) is 12.1. The van der Waals surface area contributed by atoms with Crippen molar-refractivity contribution in [1.29, 1.82) is 0 Å². The quantitative estimate of drug-likeness (QED) is 0.104. The monoisotopic (exact) mass is 736 g/mol. The Morgan fingerprint density at radius 1 is 0.611 bits per heavy atom. The highest BCUT2D eigenvalue weighted by Gasteiger charge is 2.10. The van der Waals surface area contributed by atoms with Crippen molar-refractivity contribution in [2.45, 2.75) is 38.5 Å². The second-order valence-corrected chi connectivity index (χ2v) is 9.89. The first kappa shape index (κ1) is 33.1. The zero-order valence-electron chi connectivity index (χ0n) is 20.6. The second-order valence-electron chi connectivity index (χ2n) is 7.57. The summed E-state index contributed by atoms with van der Waals surface area (Å²) in [4.78, 5) is 23.4. The Labute approximate surface area is 240 Å². The Morgan fingerprint density at radius 3 is 1.42 bits per heavy atom. The summed E-state index contributed by atoms with van der Waals surface area (Å²) in [6.45, 7) is 4.08. The van der Waals surface area contributed by atoms with E-state index in [1.54, 1.807) is 0 Å². The predicted molar refractivity (Wildman–Crippen MR) is 152 cm³/mol. The summed E-state index contributed by atoms with van der Waals surface area (Å²) >= 11 is 4.43. The van der Waals surface area contributed by atoms with Crippen molar-refractivity contribution in [3.8, 4) is 11.5 Å². The molecule has 0 unspecified atom stereocenters. The average molecular weight is 736 g/mol. The highest BCUT2D eigenvalue weighted by molar-refractivity contribution is 14.1. The van der Waals surface area contributed by atoms with Crippen LogP contribution >= 0.6 is 45.2 Å². The van der Waals surface area contributed by atoms with Crippen LogP contribution in [0.5, 0.6) is 11.5 Å². The predicted octanol–water partition coefficient (Wildman–Crippen LogP) is 3.03. The van der Waals surface area contributed by atoms with Gasteiger partial charge in [0.05, 0.1) is 46.8 Å². The van der Waals surface area contributed by atoms with E-state index in [0.29, 0.717) is 78.4 Å². The minimum Gasteiger partial charge on any atom is -0.492 e. The maximum absolute atomic E-state index is 11.7. The van der Waals surface area contributed by atoms with Crippen LogP contribution in [0.2, 0.25) is 0 Å². The average Bonchev–Trinajstić information content (AvgIpc) is 2.85. The number of benzene rings is 1. The molecule has 10 nitrogen and oxygen atoms in total. The van der Waals surface area contributed by atoms with Gasteiger partial charge in [0.1, 0.15) is 24.7 Å². The van der Waals surface area contributed by atoms with Gasteiger partial charge in [0.2, 0.25) is 0 Å². The molecule has 1 aromatic rings. The fraction of sp³-hybridized carbons (Fsp3) is 0.667. The van der Waals surface area contributed by atoms with E-state index in [2.05, 4.69) is 45.2 Å². The van der Waals surface area contributed by atoms with E-state index in [1.165, 1.54) is 0 Å². The molecule has 12 heteroatoms. The summed E-state index contributed by atoms with van der Waals surface area (Å²) in [5.74, 6) is 1.10. The summed E-state index contributed by atoms with van der Waals surface area (Å²) < 4.78 is 34.2. The standard InChI is InChI=1S/C24H38I2N2O8/c25-19-18-22(34-10-4-2-6-24(30)36-16-14-32-12-8-28)20(26)17-21(19)33-9-3-1-5-23(29)35-15-13-31-11-7-27/h17-18H,1-16,27-28H2. The Balaban J connectivity index is 2.18. The van der Waals surface area contributed by atoms with Crippen LogP contribution in [0.1, 0.15) is 38.5 Å². The first-order chi connectivity index (χ1) is 17.5. The van der Waals surface area contributed by atoms with Crippen LogP contribution in [0.3, 0.4) is 0 Å². The highest BCUT2D eigenvalue weighted by atomic mass is 127. The molecule has 0 amide bonds. The molecule has 206 valence electrons. The van der Waals surface area contributed by atoms with Crippen LogP contribution < -0.4 is 20.9 Å². The maximum Gasteiger partial charge on any atom is 0.305 e. The molecular formula is C24H38I2N2O8. The molecule has 0 bridgehead atoms. The summed E-state index contributed by atoms with van der Waals surface area (Å²) in [5, 5.41) is 0. The van der Waals surface area contributed by atoms with E-state index < -0.39 is 0 Å². The third kappa shape index (κ3) is 16.7. The van der Waals surface area contributed by atoms with Crippen LogP contribution in [0.25, 0.3) is 0 Å². The van der Waals surface area contributed by atoms with Gasteiger partial charge < -0.3 is 39.9 Å². The summed E-state index contributed by atoms with van der Waals surface area (Å²) in [6.07, 6.45) is 3.56. The van der Waals surface area contributed by atoms with E-state index in [9.17, 15) is 9.59 Å². The molecule has 0 saturated heterocycles. The van der Waals surface area contributed by atoms with E-state index in [0.717, 1.165) is 31.5 Å². The third-order valence-corrected chi connectivity index (χ3v) is 6.24. The van der Waals surface area contributed by atoms with Crippen LogP contribution in [0.4, 0.5) is 0 Å². The molecule has 4 N–H and O–H groups in total. The molecule has 36 heavy (non-hydrogen) atoms. The van der Waals surface area contributed by atoms with Gasteiger partial charge in [-0.1, -0.05) is 0 Å². The van der Waals surface area contributed by atoms with Gasteiger partial charge in [0.25, 0.3) is 0 Å². The molecule has 0 heterocycles. The number of carbonyl (C=O) groups excluding carboxylic acids is 2. The van der Waals surface area contributed by atoms with Crippen molar-refractivity contribution in [2.24, 2.45) is 11.5 Å².